The molecule has 2 saturated heterocycles. The van der Waals surface area contributed by atoms with Crippen LogP contribution in [-0.2, 0) is 11.2 Å². The molecule has 2 atom stereocenters. The molecule has 0 bridgehead atoms. The first-order valence-corrected chi connectivity index (χ1v) is 13.1. The van der Waals surface area contributed by atoms with Crippen molar-refractivity contribution in [3.8, 4) is 0 Å². The lowest BCUT2D eigenvalue weighted by Crippen LogP contribution is -2.52. The zero-order valence-corrected chi connectivity index (χ0v) is 20.8. The molecule has 2 fully saturated rings. The van der Waals surface area contributed by atoms with Crippen LogP contribution < -0.4 is 10.2 Å². The van der Waals surface area contributed by atoms with E-state index in [2.05, 4.69) is 73.4 Å². The fourth-order valence-corrected chi connectivity index (χ4v) is 5.64. The van der Waals surface area contributed by atoms with Crippen molar-refractivity contribution in [1.82, 2.24) is 25.1 Å². The van der Waals surface area contributed by atoms with Gasteiger partial charge in [0.2, 0.25) is 5.91 Å². The van der Waals surface area contributed by atoms with E-state index in [0.717, 1.165) is 63.6 Å². The van der Waals surface area contributed by atoms with Gasteiger partial charge in [0.1, 0.15) is 5.82 Å². The number of benzene rings is 1. The Kier molecular flexibility index (Phi) is 7.64. The second-order valence-corrected chi connectivity index (χ2v) is 10.1. The van der Waals surface area contributed by atoms with Crippen LogP contribution in [0.4, 0.5) is 5.82 Å². The standard InChI is InChI=1S/C28H38N6O/c1-22(28(35)30-13-11-24-19-31-26-9-3-2-8-25(24)26)34-14-6-7-23(21-34)20-32-15-17-33(18-16-32)27-10-4-5-12-29-27/h2-5,8-10,12,19,22-23,31H,6-7,11,13-18,20-21H2,1H3,(H,30,35). The maximum absolute atomic E-state index is 12.9. The van der Waals surface area contributed by atoms with Gasteiger partial charge in [-0.25, -0.2) is 4.98 Å². The van der Waals surface area contributed by atoms with Crippen molar-refractivity contribution in [1.29, 1.82) is 0 Å². The number of amides is 1. The van der Waals surface area contributed by atoms with Gasteiger partial charge in [-0.15, -0.1) is 0 Å². The van der Waals surface area contributed by atoms with Crippen molar-refractivity contribution < 1.29 is 4.79 Å². The predicted octanol–water partition coefficient (Wildman–Crippen LogP) is 3.14. The number of hydrogen-bond donors (Lipinski definition) is 2. The van der Waals surface area contributed by atoms with Gasteiger partial charge in [-0.3, -0.25) is 14.6 Å². The third kappa shape index (κ3) is 5.85. The SMILES string of the molecule is CC(C(=O)NCCc1c[nH]c2ccccc12)N1CCCC(CN2CCN(c3ccccn3)CC2)C1. The molecule has 186 valence electrons. The van der Waals surface area contributed by atoms with Crippen LogP contribution in [-0.4, -0.2) is 84.1 Å². The number of aromatic amines is 1. The van der Waals surface area contributed by atoms with E-state index in [4.69, 9.17) is 0 Å². The maximum atomic E-state index is 12.9. The van der Waals surface area contributed by atoms with Crippen LogP contribution in [0.5, 0.6) is 0 Å². The zero-order valence-electron chi connectivity index (χ0n) is 20.8. The van der Waals surface area contributed by atoms with Crippen LogP contribution in [0.1, 0.15) is 25.3 Å². The molecule has 2 aliphatic rings. The molecular weight excluding hydrogens is 436 g/mol. The normalized spacial score (nSPS) is 20.7. The molecule has 2 aromatic heterocycles. The van der Waals surface area contributed by atoms with E-state index in [9.17, 15) is 4.79 Å². The Morgan fingerprint density at radius 1 is 1.11 bits per heavy atom. The lowest BCUT2D eigenvalue weighted by atomic mass is 9.95. The second-order valence-electron chi connectivity index (χ2n) is 10.1. The molecule has 2 N–H and O–H groups in total. The van der Waals surface area contributed by atoms with E-state index in [1.165, 1.54) is 23.8 Å². The van der Waals surface area contributed by atoms with Crippen molar-refractivity contribution in [2.75, 3.05) is 57.3 Å². The molecule has 35 heavy (non-hydrogen) atoms. The number of piperidine rings is 1. The fourth-order valence-electron chi connectivity index (χ4n) is 5.64. The number of piperazine rings is 1. The van der Waals surface area contributed by atoms with Crippen LogP contribution in [0, 0.1) is 5.92 Å². The Balaban J connectivity index is 1.06. The number of para-hydroxylation sites is 1. The highest BCUT2D eigenvalue weighted by Gasteiger charge is 2.29. The highest BCUT2D eigenvalue weighted by Crippen LogP contribution is 2.22. The molecule has 0 spiro atoms. The first kappa shape index (κ1) is 23.8. The summed E-state index contributed by atoms with van der Waals surface area (Å²) in [5, 5.41) is 4.43. The van der Waals surface area contributed by atoms with Crippen molar-refractivity contribution in [2.24, 2.45) is 5.92 Å². The fraction of sp³-hybridized carbons (Fsp3) is 0.500. The Morgan fingerprint density at radius 3 is 2.77 bits per heavy atom. The van der Waals surface area contributed by atoms with E-state index >= 15 is 0 Å². The summed E-state index contributed by atoms with van der Waals surface area (Å²) in [6.07, 6.45) is 7.20. The number of H-pyrrole nitrogens is 1. The summed E-state index contributed by atoms with van der Waals surface area (Å²) in [5.74, 6) is 1.86. The van der Waals surface area contributed by atoms with Crippen molar-refractivity contribution in [3.63, 3.8) is 0 Å². The third-order valence-corrected chi connectivity index (χ3v) is 7.71. The third-order valence-electron chi connectivity index (χ3n) is 7.71. The Morgan fingerprint density at radius 2 is 1.94 bits per heavy atom. The van der Waals surface area contributed by atoms with E-state index < -0.39 is 0 Å². The first-order valence-electron chi connectivity index (χ1n) is 13.1. The summed E-state index contributed by atoms with van der Waals surface area (Å²) in [6, 6.07) is 14.4. The summed E-state index contributed by atoms with van der Waals surface area (Å²) < 4.78 is 0. The molecule has 2 unspecified atom stereocenters. The summed E-state index contributed by atoms with van der Waals surface area (Å²) in [7, 11) is 0. The molecule has 7 heteroatoms. The highest BCUT2D eigenvalue weighted by molar-refractivity contribution is 5.83. The molecule has 2 aliphatic heterocycles. The van der Waals surface area contributed by atoms with Gasteiger partial charge in [0.05, 0.1) is 6.04 Å². The quantitative estimate of drug-likeness (QED) is 0.525. The highest BCUT2D eigenvalue weighted by atomic mass is 16.2. The molecule has 1 aromatic carbocycles. The lowest BCUT2D eigenvalue weighted by Gasteiger charge is -2.40. The van der Waals surface area contributed by atoms with Gasteiger partial charge in [-0.05, 0) is 62.4 Å². The number of nitrogens with zero attached hydrogens (tertiary/aromatic N) is 4. The average Bonchev–Trinajstić information content (AvgIpc) is 3.32. The molecule has 4 heterocycles. The summed E-state index contributed by atoms with van der Waals surface area (Å²) in [6.45, 7) is 10.1. The van der Waals surface area contributed by atoms with Gasteiger partial charge in [0.15, 0.2) is 0 Å². The minimum Gasteiger partial charge on any atom is -0.361 e. The summed E-state index contributed by atoms with van der Waals surface area (Å²) >= 11 is 0. The summed E-state index contributed by atoms with van der Waals surface area (Å²) in [4.78, 5) is 28.1. The van der Waals surface area contributed by atoms with E-state index in [-0.39, 0.29) is 11.9 Å². The van der Waals surface area contributed by atoms with Gasteiger partial charge >= 0.3 is 0 Å². The average molecular weight is 475 g/mol. The predicted molar refractivity (Wildman–Crippen MR) is 142 cm³/mol. The topological polar surface area (TPSA) is 67.5 Å². The van der Waals surface area contributed by atoms with Gasteiger partial charge in [0.25, 0.3) is 0 Å². The van der Waals surface area contributed by atoms with Gasteiger partial charge in [-0.1, -0.05) is 24.3 Å². The molecular formula is C28H38N6O. The number of aromatic nitrogens is 2. The van der Waals surface area contributed by atoms with Crippen molar-refractivity contribution in [3.05, 3.63) is 60.4 Å². The van der Waals surface area contributed by atoms with Gasteiger partial charge in [-0.2, -0.15) is 0 Å². The van der Waals surface area contributed by atoms with Gasteiger partial charge in [0, 0.05) is 69.1 Å². The number of pyridine rings is 1. The Labute approximate surface area is 208 Å². The van der Waals surface area contributed by atoms with Crippen LogP contribution in [0.3, 0.4) is 0 Å². The Hall–Kier alpha value is -2.90. The van der Waals surface area contributed by atoms with E-state index in [1.807, 2.05) is 18.3 Å². The number of fused-ring (bicyclic) bond motifs is 1. The Bertz CT molecular complexity index is 1090. The molecule has 0 radical (unpaired) electrons. The number of anilines is 1. The molecule has 7 nitrogen and oxygen atoms in total. The molecule has 1 amide bonds. The van der Waals surface area contributed by atoms with Crippen LogP contribution in [0.25, 0.3) is 10.9 Å². The number of carbonyl (C=O) groups excluding carboxylic acids is 1. The van der Waals surface area contributed by atoms with Crippen LogP contribution >= 0.6 is 0 Å². The lowest BCUT2D eigenvalue weighted by molar-refractivity contribution is -0.126. The first-order chi connectivity index (χ1) is 17.2. The monoisotopic (exact) mass is 474 g/mol. The minimum absolute atomic E-state index is 0.0817. The number of likely N-dealkylation sites (tertiary alicyclic amines) is 1. The molecule has 0 saturated carbocycles. The number of hydrogen-bond acceptors (Lipinski definition) is 5. The number of nitrogens with one attached hydrogen (secondary N) is 2. The largest absolute Gasteiger partial charge is 0.361 e. The second kappa shape index (κ2) is 11.2. The maximum Gasteiger partial charge on any atom is 0.237 e. The van der Waals surface area contributed by atoms with Crippen LogP contribution in [0.15, 0.2) is 54.9 Å². The molecule has 0 aliphatic carbocycles. The van der Waals surface area contributed by atoms with E-state index in [1.54, 1.807) is 0 Å². The zero-order chi connectivity index (χ0) is 24.0. The number of rotatable bonds is 8. The van der Waals surface area contributed by atoms with Gasteiger partial charge < -0.3 is 15.2 Å². The smallest absolute Gasteiger partial charge is 0.237 e. The van der Waals surface area contributed by atoms with Crippen molar-refractivity contribution >= 4 is 22.6 Å². The minimum atomic E-state index is -0.0817. The van der Waals surface area contributed by atoms with Crippen LogP contribution in [0.2, 0.25) is 0 Å². The number of carbonyl (C=O) groups is 1. The van der Waals surface area contributed by atoms with Crippen molar-refractivity contribution in [2.45, 2.75) is 32.2 Å². The molecule has 3 aromatic rings. The molecule has 5 rings (SSSR count). The summed E-state index contributed by atoms with van der Waals surface area (Å²) in [5.41, 5.74) is 2.41. The van der Waals surface area contributed by atoms with E-state index in [0.29, 0.717) is 12.5 Å².